The summed E-state index contributed by atoms with van der Waals surface area (Å²) in [5.41, 5.74) is -1.80. The van der Waals surface area contributed by atoms with Crippen molar-refractivity contribution in [3.63, 3.8) is 0 Å². The van der Waals surface area contributed by atoms with Gasteiger partial charge in [0.2, 0.25) is 12.4 Å². The Morgan fingerprint density at radius 3 is 1.86 bits per heavy atom. The van der Waals surface area contributed by atoms with Crippen molar-refractivity contribution in [1.29, 1.82) is 0 Å². The minimum absolute atomic E-state index is 0.0778. The molecular formula is C53H82O25. The van der Waals surface area contributed by atoms with Gasteiger partial charge in [-0.05, 0) is 109 Å². The minimum Gasteiger partial charge on any atom is -0.480 e. The topological polar surface area (TPSA) is 405 Å². The van der Waals surface area contributed by atoms with E-state index >= 15 is 0 Å². The molecule has 0 aromatic rings. The summed E-state index contributed by atoms with van der Waals surface area (Å²) in [5.74, 6) is -6.13. The zero-order valence-corrected chi connectivity index (χ0v) is 45.1. The van der Waals surface area contributed by atoms with Gasteiger partial charge in [0.1, 0.15) is 73.8 Å². The van der Waals surface area contributed by atoms with Crippen molar-refractivity contribution < 1.29 is 123 Å². The molecule has 444 valence electrons. The van der Waals surface area contributed by atoms with Gasteiger partial charge in [-0.2, -0.15) is 0 Å². The average molecular weight is 1120 g/mol. The molecule has 3 heterocycles. The van der Waals surface area contributed by atoms with Gasteiger partial charge in [0.25, 0.3) is 0 Å². The van der Waals surface area contributed by atoms with E-state index in [4.69, 9.17) is 37.9 Å². The van der Waals surface area contributed by atoms with E-state index in [0.717, 1.165) is 12.8 Å². The number of esters is 1. The zero-order chi connectivity index (χ0) is 57.6. The molecule has 0 spiro atoms. The fourth-order valence-electron chi connectivity index (χ4n) is 15.8. The molecule has 25 atom stereocenters. The van der Waals surface area contributed by atoms with Crippen LogP contribution in [0.15, 0.2) is 11.6 Å². The summed E-state index contributed by atoms with van der Waals surface area (Å²) in [5, 5.41) is 136. The highest BCUT2D eigenvalue weighted by molar-refractivity contribution is 5.79. The number of aliphatic hydroxyl groups excluding tert-OH is 10. The van der Waals surface area contributed by atoms with Crippen molar-refractivity contribution >= 4 is 23.9 Å². The van der Waals surface area contributed by atoms with E-state index in [-0.39, 0.29) is 34.0 Å². The normalized spacial score (nSPS) is 47.6. The van der Waals surface area contributed by atoms with E-state index in [2.05, 4.69) is 40.7 Å². The van der Waals surface area contributed by atoms with E-state index in [0.29, 0.717) is 51.4 Å². The van der Waals surface area contributed by atoms with Crippen LogP contribution in [0.3, 0.4) is 0 Å². The molecule has 3 aliphatic heterocycles. The molecule has 0 aromatic carbocycles. The highest BCUT2D eigenvalue weighted by atomic mass is 16.8. The van der Waals surface area contributed by atoms with Crippen LogP contribution >= 0.6 is 0 Å². The van der Waals surface area contributed by atoms with Gasteiger partial charge < -0.3 is 104 Å². The maximum atomic E-state index is 14.8. The third-order valence-electron chi connectivity index (χ3n) is 20.4. The van der Waals surface area contributed by atoms with Crippen LogP contribution in [0.1, 0.15) is 113 Å². The molecule has 3 saturated heterocycles. The van der Waals surface area contributed by atoms with Crippen LogP contribution < -0.4 is 0 Å². The highest BCUT2D eigenvalue weighted by Gasteiger charge is 2.70. The molecule has 7 fully saturated rings. The van der Waals surface area contributed by atoms with E-state index in [1.165, 1.54) is 5.57 Å². The number of carboxylic acid groups (broad SMARTS) is 3. The molecule has 78 heavy (non-hydrogen) atoms. The van der Waals surface area contributed by atoms with E-state index in [1.54, 1.807) is 0 Å². The number of allylic oxidation sites excluding steroid dienone is 2. The van der Waals surface area contributed by atoms with E-state index in [9.17, 15) is 85.6 Å². The summed E-state index contributed by atoms with van der Waals surface area (Å²) in [7, 11) is 0. The van der Waals surface area contributed by atoms with E-state index in [1.807, 2.05) is 13.8 Å². The summed E-state index contributed by atoms with van der Waals surface area (Å²) in [6.45, 7) is 12.5. The molecule has 5 aliphatic carbocycles. The minimum atomic E-state index is -2.62. The zero-order valence-electron chi connectivity index (χ0n) is 45.1. The number of hydrogen-bond donors (Lipinski definition) is 13. The summed E-state index contributed by atoms with van der Waals surface area (Å²) in [6, 6.07) is 0. The SMILES string of the molecule is CC1(C)CC[C@]2(C(=O)O[C@@H]3O[C@H](CO)[C@@H](O)[C@H](O)[C@H]3O)CC[C@]3(C)C(=CC[C@@H]4[C@@]5(C)CC[C@H](O[C@@H]6O[C@H](C(=O)O)[C@@H](O)[C@H](O[C@H](OCC(=O)O)[C@@H](O)C(=O)O)[C@H]6O[C@@H]6O[C@H](CO)[C@@H](O)[C@H](O)[C@H]6O)C(C)(C)C5CC[C@]43C)[C@@H]2C1. The molecule has 0 aromatic heterocycles. The molecule has 8 rings (SSSR count). The molecule has 4 saturated carbocycles. The monoisotopic (exact) mass is 1120 g/mol. The van der Waals surface area contributed by atoms with Crippen LogP contribution in [0.25, 0.3) is 0 Å². The average Bonchev–Trinajstić information content (AvgIpc) is 3.35. The van der Waals surface area contributed by atoms with Crippen molar-refractivity contribution in [3.8, 4) is 0 Å². The number of hydrogen-bond acceptors (Lipinski definition) is 22. The second-order valence-corrected chi connectivity index (χ2v) is 25.5. The molecule has 13 N–H and O–H groups in total. The maximum Gasteiger partial charge on any atom is 0.337 e. The Morgan fingerprint density at radius 1 is 0.667 bits per heavy atom. The van der Waals surface area contributed by atoms with Gasteiger partial charge >= 0.3 is 23.9 Å². The Balaban J connectivity index is 1.09. The molecule has 25 heteroatoms. The van der Waals surface area contributed by atoms with Crippen molar-refractivity contribution in [2.24, 2.45) is 50.2 Å². The lowest BCUT2D eigenvalue weighted by atomic mass is 9.33. The van der Waals surface area contributed by atoms with Crippen LogP contribution in [0.5, 0.6) is 0 Å². The van der Waals surface area contributed by atoms with Gasteiger partial charge in [-0.15, -0.1) is 0 Å². The van der Waals surface area contributed by atoms with Gasteiger partial charge in [-0.1, -0.05) is 60.1 Å². The van der Waals surface area contributed by atoms with Crippen molar-refractivity contribution in [3.05, 3.63) is 11.6 Å². The lowest BCUT2D eigenvalue weighted by Gasteiger charge is -2.71. The first kappa shape index (κ1) is 61.0. The van der Waals surface area contributed by atoms with Gasteiger partial charge in [0.15, 0.2) is 25.0 Å². The standard InChI is InChI=1S/C53H82O25/c1-48(2)14-16-53(47(70)78-45-35(63)33(61)31(59)25(20-55)73-45)17-15-51(6)22(23(53)18-48)8-9-27-50(5)12-11-28(49(3,4)26(50)10-13-52(27,51)7)74-46-40(77-44-34(62)32(60)30(58)24(19-54)72-44)38(36(64)39(76-46)42(68)69)75-43(37(65)41(66)67)71-21-29(56)57/h8,23-28,30-40,43-46,54-55,58-65H,9-21H2,1-7H3,(H,56,57)(H,66,67)(H,68,69)/t23-,24+,25+,26?,27+,28-,30+,31+,32-,33-,34+,35+,36-,37-,38-,39-,40+,43-,44-,45-,46+,50-,51+,52+,53-/m0/s1. The summed E-state index contributed by atoms with van der Waals surface area (Å²) in [4.78, 5) is 51.2. The molecule has 25 nitrogen and oxygen atoms in total. The Hall–Kier alpha value is -3.06. The van der Waals surface area contributed by atoms with Crippen LogP contribution in [-0.4, -0.2) is 221 Å². The van der Waals surface area contributed by atoms with Gasteiger partial charge in [-0.25, -0.2) is 14.4 Å². The largest absolute Gasteiger partial charge is 0.480 e. The van der Waals surface area contributed by atoms with Crippen molar-refractivity contribution in [2.75, 3.05) is 19.8 Å². The molecule has 0 amide bonds. The summed E-state index contributed by atoms with van der Waals surface area (Å²) < 4.78 is 47.0. The summed E-state index contributed by atoms with van der Waals surface area (Å²) in [6.07, 6.45) is -25.4. The second-order valence-electron chi connectivity index (χ2n) is 25.5. The third kappa shape index (κ3) is 10.4. The molecule has 0 bridgehead atoms. The number of fused-ring (bicyclic) bond motifs is 7. The van der Waals surface area contributed by atoms with Crippen molar-refractivity contribution in [2.45, 2.75) is 223 Å². The number of rotatable bonds is 16. The first-order valence-electron chi connectivity index (χ1n) is 27.1. The smallest absolute Gasteiger partial charge is 0.337 e. The first-order chi connectivity index (χ1) is 36.3. The summed E-state index contributed by atoms with van der Waals surface area (Å²) >= 11 is 0. The van der Waals surface area contributed by atoms with Gasteiger partial charge in [0, 0.05) is 0 Å². The Morgan fingerprint density at radius 2 is 1.27 bits per heavy atom. The van der Waals surface area contributed by atoms with Crippen LogP contribution in [0.2, 0.25) is 0 Å². The molecule has 1 unspecified atom stereocenters. The molecule has 8 aliphatic rings. The highest BCUT2D eigenvalue weighted by Crippen LogP contribution is 2.76. The van der Waals surface area contributed by atoms with Gasteiger partial charge in [0.05, 0.1) is 24.7 Å². The van der Waals surface area contributed by atoms with Crippen LogP contribution in [0, 0.1) is 50.2 Å². The predicted octanol–water partition coefficient (Wildman–Crippen LogP) is -0.870. The quantitative estimate of drug-likeness (QED) is 0.0387. The second kappa shape index (κ2) is 22.3. The number of aliphatic carboxylic acids is 3. The Kier molecular flexibility index (Phi) is 17.4. The number of carbonyl (C=O) groups excluding carboxylic acids is 1. The van der Waals surface area contributed by atoms with E-state index < -0.39 is 171 Å². The Labute approximate surface area is 451 Å². The number of carbonyl (C=O) groups is 4. The lowest BCUT2D eigenvalue weighted by Crippen LogP contribution is -2.68. The lowest BCUT2D eigenvalue weighted by molar-refractivity contribution is -0.387. The van der Waals surface area contributed by atoms with Crippen LogP contribution in [0.4, 0.5) is 0 Å². The number of carboxylic acids is 3. The molecule has 0 radical (unpaired) electrons. The number of ether oxygens (including phenoxy) is 8. The maximum absolute atomic E-state index is 14.8. The van der Waals surface area contributed by atoms with Gasteiger partial charge in [-0.3, -0.25) is 4.79 Å². The predicted molar refractivity (Wildman–Crippen MR) is 261 cm³/mol. The fourth-order valence-corrected chi connectivity index (χ4v) is 15.8. The third-order valence-corrected chi connectivity index (χ3v) is 20.4. The number of aliphatic hydroxyl groups is 10. The first-order valence-corrected chi connectivity index (χ1v) is 27.1. The van der Waals surface area contributed by atoms with Crippen molar-refractivity contribution in [1.82, 2.24) is 0 Å². The fraction of sp³-hybridized carbons (Fsp3) is 0.887. The Bertz CT molecular complexity index is 2240. The van der Waals surface area contributed by atoms with Crippen LogP contribution in [-0.2, 0) is 57.1 Å². The molecular weight excluding hydrogens is 1040 g/mol.